The molecule has 2 fully saturated rings. The predicted molar refractivity (Wildman–Crippen MR) is 185 cm³/mol. The quantitative estimate of drug-likeness (QED) is 0.221. The minimum atomic E-state index is -3.91. The molecule has 0 spiro atoms. The van der Waals surface area contributed by atoms with Crippen LogP contribution in [0.15, 0.2) is 88.3 Å². The van der Waals surface area contributed by atoms with E-state index in [1.54, 1.807) is 37.3 Å². The molecule has 2 saturated heterocycles. The fourth-order valence-corrected chi connectivity index (χ4v) is 8.42. The SMILES string of the molecule is Cc1ccc(S(=O)(=O)NC(Cc2ccccc2)C(=O)N2CCC(C3CCN(C(=O)c4c(-c5ccccc5Cl)noc4C)CC3)CC2)cc1. The Bertz CT molecular complexity index is 1850. The van der Waals surface area contributed by atoms with E-state index in [0.717, 1.165) is 36.8 Å². The van der Waals surface area contributed by atoms with Crippen molar-refractivity contribution in [2.45, 2.75) is 56.9 Å². The van der Waals surface area contributed by atoms with Crippen LogP contribution in [-0.4, -0.2) is 67.4 Å². The van der Waals surface area contributed by atoms with Gasteiger partial charge < -0.3 is 14.3 Å². The number of likely N-dealkylation sites (tertiary alicyclic amines) is 2. The second-order valence-electron chi connectivity index (χ2n) is 12.9. The van der Waals surface area contributed by atoms with Crippen molar-refractivity contribution in [3.05, 3.63) is 106 Å². The Labute approximate surface area is 287 Å². The van der Waals surface area contributed by atoms with Crippen LogP contribution in [-0.2, 0) is 21.2 Å². The minimum absolute atomic E-state index is 0.0971. The molecule has 2 aliphatic rings. The number of halogens is 1. The first-order valence-corrected chi connectivity index (χ1v) is 18.4. The van der Waals surface area contributed by atoms with Gasteiger partial charge in [0.25, 0.3) is 5.91 Å². The van der Waals surface area contributed by atoms with Crippen LogP contribution in [0, 0.1) is 25.7 Å². The number of carbonyl (C=O) groups is 2. The summed E-state index contributed by atoms with van der Waals surface area (Å²) in [6.45, 7) is 6.06. The van der Waals surface area contributed by atoms with E-state index in [1.165, 1.54) is 0 Å². The van der Waals surface area contributed by atoms with Crippen molar-refractivity contribution in [2.75, 3.05) is 26.2 Å². The van der Waals surface area contributed by atoms with Crippen molar-refractivity contribution >= 4 is 33.4 Å². The summed E-state index contributed by atoms with van der Waals surface area (Å²) in [5.41, 5.74) is 3.44. The molecule has 252 valence electrons. The van der Waals surface area contributed by atoms with E-state index in [1.807, 2.05) is 65.3 Å². The van der Waals surface area contributed by atoms with Gasteiger partial charge >= 0.3 is 0 Å². The standard InChI is InChI=1S/C37H41ClN4O5S/c1-25-12-14-30(15-13-25)48(45,46)40-33(24-27-8-4-3-5-9-27)36(43)41-20-16-28(17-21-41)29-18-22-42(23-19-29)37(44)34-26(2)47-39-35(34)31-10-6-7-11-32(31)38/h3-15,28-29,33,40H,16-24H2,1-2H3. The first-order valence-electron chi connectivity index (χ1n) is 16.5. The van der Waals surface area contributed by atoms with Crippen LogP contribution < -0.4 is 4.72 Å². The van der Waals surface area contributed by atoms with E-state index < -0.39 is 16.1 Å². The van der Waals surface area contributed by atoms with E-state index in [0.29, 0.717) is 65.6 Å². The van der Waals surface area contributed by atoms with Crippen molar-refractivity contribution in [3.63, 3.8) is 0 Å². The Morgan fingerprint density at radius 2 is 1.44 bits per heavy atom. The van der Waals surface area contributed by atoms with Gasteiger partial charge in [0.1, 0.15) is 23.1 Å². The lowest BCUT2D eigenvalue weighted by molar-refractivity contribution is -0.134. The van der Waals surface area contributed by atoms with Crippen LogP contribution in [0.4, 0.5) is 0 Å². The van der Waals surface area contributed by atoms with Crippen LogP contribution in [0.3, 0.4) is 0 Å². The minimum Gasteiger partial charge on any atom is -0.360 e. The molecule has 2 aliphatic heterocycles. The summed E-state index contributed by atoms with van der Waals surface area (Å²) < 4.78 is 34.8. The molecule has 6 rings (SSSR count). The first kappa shape index (κ1) is 33.9. The number of hydrogen-bond acceptors (Lipinski definition) is 6. The maximum Gasteiger partial charge on any atom is 0.259 e. The molecular weight excluding hydrogens is 648 g/mol. The molecule has 0 radical (unpaired) electrons. The van der Waals surface area contributed by atoms with Gasteiger partial charge in [-0.15, -0.1) is 0 Å². The molecule has 11 heteroatoms. The van der Waals surface area contributed by atoms with Crippen LogP contribution in [0.25, 0.3) is 11.3 Å². The molecular formula is C37H41ClN4O5S. The van der Waals surface area contributed by atoms with Gasteiger partial charge in [-0.1, -0.05) is 83.0 Å². The van der Waals surface area contributed by atoms with Gasteiger partial charge in [-0.25, -0.2) is 8.42 Å². The molecule has 3 aromatic carbocycles. The van der Waals surface area contributed by atoms with Crippen LogP contribution in [0.5, 0.6) is 0 Å². The number of piperidine rings is 2. The first-order chi connectivity index (χ1) is 23.1. The highest BCUT2D eigenvalue weighted by atomic mass is 35.5. The predicted octanol–water partition coefficient (Wildman–Crippen LogP) is 6.29. The number of nitrogens with zero attached hydrogens (tertiary/aromatic N) is 3. The summed E-state index contributed by atoms with van der Waals surface area (Å²) in [6.07, 6.45) is 3.70. The lowest BCUT2D eigenvalue weighted by atomic mass is 9.78. The van der Waals surface area contributed by atoms with E-state index >= 15 is 0 Å². The largest absolute Gasteiger partial charge is 0.360 e. The van der Waals surface area contributed by atoms with E-state index in [-0.39, 0.29) is 23.1 Å². The molecule has 1 N–H and O–H groups in total. The monoisotopic (exact) mass is 688 g/mol. The molecule has 0 saturated carbocycles. The third-order valence-corrected chi connectivity index (χ3v) is 11.6. The highest BCUT2D eigenvalue weighted by molar-refractivity contribution is 7.89. The van der Waals surface area contributed by atoms with Crippen molar-refractivity contribution in [1.82, 2.24) is 19.7 Å². The summed E-state index contributed by atoms with van der Waals surface area (Å²) in [5, 5.41) is 4.68. The number of sulfonamides is 1. The van der Waals surface area contributed by atoms with Gasteiger partial charge in [0.15, 0.2) is 0 Å². The normalized spacial score (nSPS) is 17.0. The van der Waals surface area contributed by atoms with Gasteiger partial charge in [0.05, 0.1) is 9.92 Å². The molecule has 1 atom stereocenters. The number of rotatable bonds is 9. The number of aryl methyl sites for hydroxylation is 2. The molecule has 4 aromatic rings. The number of benzene rings is 3. The number of nitrogens with one attached hydrogen (secondary N) is 1. The van der Waals surface area contributed by atoms with Crippen molar-refractivity contribution in [1.29, 1.82) is 0 Å². The average molecular weight is 689 g/mol. The molecule has 9 nitrogen and oxygen atoms in total. The Hall–Kier alpha value is -3.99. The zero-order chi connectivity index (χ0) is 33.8. The Balaban J connectivity index is 1.07. The molecule has 0 aliphatic carbocycles. The average Bonchev–Trinajstić information content (AvgIpc) is 3.49. The highest BCUT2D eigenvalue weighted by Gasteiger charge is 2.36. The number of aromatic nitrogens is 1. The Morgan fingerprint density at radius 3 is 2.06 bits per heavy atom. The zero-order valence-corrected chi connectivity index (χ0v) is 28.8. The maximum absolute atomic E-state index is 13.9. The number of hydrogen-bond donors (Lipinski definition) is 1. The van der Waals surface area contributed by atoms with E-state index in [9.17, 15) is 18.0 Å². The highest BCUT2D eigenvalue weighted by Crippen LogP contribution is 2.35. The van der Waals surface area contributed by atoms with E-state index in [4.69, 9.17) is 16.1 Å². The lowest BCUT2D eigenvalue weighted by Crippen LogP contribution is -2.52. The second kappa shape index (κ2) is 14.6. The van der Waals surface area contributed by atoms with Gasteiger partial charge in [0, 0.05) is 31.7 Å². The summed E-state index contributed by atoms with van der Waals surface area (Å²) in [4.78, 5) is 31.4. The Kier molecular flexibility index (Phi) is 10.3. The van der Waals surface area contributed by atoms with Gasteiger partial charge in [-0.05, 0) is 81.5 Å². The fourth-order valence-electron chi connectivity index (χ4n) is 7.01. The van der Waals surface area contributed by atoms with E-state index in [2.05, 4.69) is 9.88 Å². The van der Waals surface area contributed by atoms with Crippen LogP contribution in [0.2, 0.25) is 5.02 Å². The maximum atomic E-state index is 13.9. The number of carbonyl (C=O) groups excluding carboxylic acids is 2. The smallest absolute Gasteiger partial charge is 0.259 e. The van der Waals surface area contributed by atoms with Crippen molar-refractivity contribution in [3.8, 4) is 11.3 Å². The second-order valence-corrected chi connectivity index (χ2v) is 15.0. The summed E-state index contributed by atoms with van der Waals surface area (Å²) in [5.74, 6) is 1.05. The van der Waals surface area contributed by atoms with Crippen molar-refractivity contribution in [2.24, 2.45) is 11.8 Å². The summed E-state index contributed by atoms with van der Waals surface area (Å²) >= 11 is 6.42. The molecule has 0 bridgehead atoms. The Morgan fingerprint density at radius 1 is 0.854 bits per heavy atom. The van der Waals surface area contributed by atoms with Gasteiger partial charge in [-0.3, -0.25) is 9.59 Å². The molecule has 48 heavy (non-hydrogen) atoms. The third kappa shape index (κ3) is 7.51. The van der Waals surface area contributed by atoms with Crippen LogP contribution in [0.1, 0.15) is 52.9 Å². The number of amides is 2. The third-order valence-electron chi connectivity index (χ3n) is 9.76. The topological polar surface area (TPSA) is 113 Å². The van der Waals surface area contributed by atoms with Gasteiger partial charge in [0.2, 0.25) is 15.9 Å². The zero-order valence-electron chi connectivity index (χ0n) is 27.3. The van der Waals surface area contributed by atoms with Crippen LogP contribution >= 0.6 is 11.6 Å². The van der Waals surface area contributed by atoms with Gasteiger partial charge in [-0.2, -0.15) is 4.72 Å². The summed E-state index contributed by atoms with van der Waals surface area (Å²) in [7, 11) is -3.91. The van der Waals surface area contributed by atoms with Crippen molar-refractivity contribution < 1.29 is 22.5 Å². The molecule has 3 heterocycles. The molecule has 2 amide bonds. The molecule has 1 unspecified atom stereocenters. The summed E-state index contributed by atoms with van der Waals surface area (Å²) in [6, 6.07) is 22.5. The lowest BCUT2D eigenvalue weighted by Gasteiger charge is -2.41. The fraction of sp³-hybridized carbons (Fsp3) is 0.378. The molecule has 1 aromatic heterocycles.